The van der Waals surface area contributed by atoms with Gasteiger partial charge in [0.15, 0.2) is 12.4 Å². The van der Waals surface area contributed by atoms with E-state index in [0.717, 1.165) is 56.7 Å². The summed E-state index contributed by atoms with van der Waals surface area (Å²) in [7, 11) is 7.59. The number of ether oxygens (including phenoxy) is 2. The summed E-state index contributed by atoms with van der Waals surface area (Å²) >= 11 is 0. The van der Waals surface area contributed by atoms with E-state index in [4.69, 9.17) is 9.47 Å². The largest absolute Gasteiger partial charge is 0.497 e. The van der Waals surface area contributed by atoms with E-state index in [9.17, 15) is 0 Å². The molecule has 8 aromatic rings. The fourth-order valence-electron chi connectivity index (χ4n) is 6.99. The van der Waals surface area contributed by atoms with Crippen molar-refractivity contribution in [3.8, 4) is 34.0 Å². The summed E-state index contributed by atoms with van der Waals surface area (Å²) in [6.07, 6.45) is 4.31. The first-order valence-corrected chi connectivity index (χ1v) is 17.4. The Bertz CT molecular complexity index is 2320. The van der Waals surface area contributed by atoms with Gasteiger partial charge in [0.25, 0.3) is 0 Å². The van der Waals surface area contributed by atoms with Gasteiger partial charge in [0.1, 0.15) is 11.5 Å². The Balaban J connectivity index is 1.06. The predicted molar refractivity (Wildman–Crippen MR) is 212 cm³/mol. The monoisotopic (exact) mass is 680 g/mol. The maximum Gasteiger partial charge on any atom is 0.220 e. The first kappa shape index (κ1) is 32.5. The van der Waals surface area contributed by atoms with E-state index in [1.54, 1.807) is 14.2 Å². The smallest absolute Gasteiger partial charge is 0.220 e. The summed E-state index contributed by atoms with van der Waals surface area (Å²) in [5, 5.41) is 2.35. The summed E-state index contributed by atoms with van der Waals surface area (Å²) in [5.41, 5.74) is 11.3. The fourth-order valence-corrected chi connectivity index (χ4v) is 6.99. The van der Waals surface area contributed by atoms with Crippen LogP contribution in [0.5, 0.6) is 11.5 Å². The number of anilines is 4. The fraction of sp³-hybridized carbons (Fsp3) is 0.0870. The van der Waals surface area contributed by atoms with Crippen LogP contribution >= 0.6 is 0 Å². The molecule has 6 heteroatoms. The van der Waals surface area contributed by atoms with Crippen molar-refractivity contribution >= 4 is 44.6 Å². The van der Waals surface area contributed by atoms with E-state index in [2.05, 4.69) is 179 Å². The molecule has 2 aromatic heterocycles. The topological polar surface area (TPSA) is 32.7 Å². The van der Waals surface area contributed by atoms with Crippen LogP contribution in [0.3, 0.4) is 0 Å². The number of benzene rings is 6. The molecule has 0 radical (unpaired) electrons. The molecule has 0 N–H and O–H groups in total. The average Bonchev–Trinajstić information content (AvgIpc) is 3.22. The molecule has 6 nitrogen and oxygen atoms in total. The summed E-state index contributed by atoms with van der Waals surface area (Å²) < 4.78 is 15.2. The number of methoxy groups -OCH3 is 2. The quantitative estimate of drug-likeness (QED) is 0.142. The lowest BCUT2D eigenvalue weighted by molar-refractivity contribution is -0.567. The number of nitrogens with zero attached hydrogens (tertiary/aromatic N) is 4. The minimum absolute atomic E-state index is 0.847. The van der Waals surface area contributed by atoms with Crippen molar-refractivity contribution in [2.24, 2.45) is 0 Å². The van der Waals surface area contributed by atoms with E-state index in [-0.39, 0.29) is 0 Å². The van der Waals surface area contributed by atoms with Crippen LogP contribution in [-0.2, 0) is 0 Å². The van der Waals surface area contributed by atoms with Gasteiger partial charge in [0, 0.05) is 74.0 Å². The number of para-hydroxylation sites is 2. The summed E-state index contributed by atoms with van der Waals surface area (Å²) in [6, 6.07) is 55.4. The van der Waals surface area contributed by atoms with Crippen LogP contribution in [0.4, 0.5) is 22.7 Å². The Morgan fingerprint density at radius 3 is 1.13 bits per heavy atom. The molecule has 0 saturated carbocycles. The molecular formula is C46H40N4O2+2. The molecule has 0 bridgehead atoms. The van der Waals surface area contributed by atoms with Gasteiger partial charge < -0.3 is 19.3 Å². The highest BCUT2D eigenvalue weighted by Gasteiger charge is 2.20. The second-order valence-corrected chi connectivity index (χ2v) is 12.8. The Hall–Kier alpha value is -6.66. The van der Waals surface area contributed by atoms with Gasteiger partial charge in [-0.2, -0.15) is 9.13 Å². The average molecular weight is 681 g/mol. The Morgan fingerprint density at radius 1 is 0.404 bits per heavy atom. The number of aromatic nitrogens is 2. The standard InChI is InChI=1S/C46H40N4O2/c1-47(35-21-25-39(51-3)26-22-35)43-29-31-49(45-11-7-5-9-41(43)45)37-17-13-33(14-18-37)34-15-19-38(20-16-34)50-32-30-44(42-10-6-8-12-46(42)50)48(2)36-23-27-40(52-4)28-24-36/h5-32H,1-4H3/q+2. The number of rotatable bonds is 9. The van der Waals surface area contributed by atoms with Gasteiger partial charge in [-0.15, -0.1) is 0 Å². The van der Waals surface area contributed by atoms with Gasteiger partial charge in [-0.05, 0) is 96.1 Å². The highest BCUT2D eigenvalue weighted by atomic mass is 16.5. The van der Waals surface area contributed by atoms with E-state index in [0.29, 0.717) is 0 Å². The third kappa shape index (κ3) is 6.05. The molecule has 8 rings (SSSR count). The van der Waals surface area contributed by atoms with E-state index < -0.39 is 0 Å². The van der Waals surface area contributed by atoms with E-state index in [1.165, 1.54) is 21.9 Å². The number of hydrogen-bond donors (Lipinski definition) is 0. The zero-order valence-corrected chi connectivity index (χ0v) is 29.8. The van der Waals surface area contributed by atoms with E-state index >= 15 is 0 Å². The number of hydrogen-bond acceptors (Lipinski definition) is 4. The number of pyridine rings is 2. The maximum atomic E-state index is 5.36. The highest BCUT2D eigenvalue weighted by molar-refractivity contribution is 5.93. The summed E-state index contributed by atoms with van der Waals surface area (Å²) in [6.45, 7) is 0. The van der Waals surface area contributed by atoms with Gasteiger partial charge in [0.05, 0.1) is 36.4 Å². The van der Waals surface area contributed by atoms with Crippen molar-refractivity contribution in [2.45, 2.75) is 0 Å². The van der Waals surface area contributed by atoms with Crippen LogP contribution in [0, 0.1) is 0 Å². The maximum absolute atomic E-state index is 5.36. The first-order chi connectivity index (χ1) is 25.5. The van der Waals surface area contributed by atoms with Crippen LogP contribution in [-0.4, -0.2) is 28.3 Å². The molecule has 0 atom stereocenters. The summed E-state index contributed by atoms with van der Waals surface area (Å²) in [4.78, 5) is 4.44. The third-order valence-electron chi connectivity index (χ3n) is 9.91. The molecule has 0 amide bonds. The third-order valence-corrected chi connectivity index (χ3v) is 9.91. The lowest BCUT2D eigenvalue weighted by Gasteiger charge is -2.21. The molecule has 2 heterocycles. The number of fused-ring (bicyclic) bond motifs is 2. The lowest BCUT2D eigenvalue weighted by Crippen LogP contribution is -2.31. The molecule has 52 heavy (non-hydrogen) atoms. The van der Waals surface area contributed by atoms with Gasteiger partial charge in [-0.25, -0.2) is 0 Å². The van der Waals surface area contributed by atoms with Gasteiger partial charge in [-0.3, -0.25) is 0 Å². The lowest BCUT2D eigenvalue weighted by atomic mass is 10.0. The zero-order chi connectivity index (χ0) is 35.6. The highest BCUT2D eigenvalue weighted by Crippen LogP contribution is 2.33. The van der Waals surface area contributed by atoms with Crippen molar-refractivity contribution in [2.75, 3.05) is 38.1 Å². The van der Waals surface area contributed by atoms with Crippen molar-refractivity contribution < 1.29 is 18.6 Å². The van der Waals surface area contributed by atoms with Crippen molar-refractivity contribution in [3.05, 3.63) is 170 Å². The zero-order valence-electron chi connectivity index (χ0n) is 29.8. The first-order valence-electron chi connectivity index (χ1n) is 17.4. The van der Waals surface area contributed by atoms with Gasteiger partial charge >= 0.3 is 0 Å². The molecule has 0 fully saturated rings. The minimum Gasteiger partial charge on any atom is -0.497 e. The molecule has 0 aliphatic heterocycles. The molecule has 0 spiro atoms. The molecule has 0 aliphatic rings. The molecular weight excluding hydrogens is 641 g/mol. The van der Waals surface area contributed by atoms with Crippen LogP contribution in [0.1, 0.15) is 0 Å². The van der Waals surface area contributed by atoms with Gasteiger partial charge in [0.2, 0.25) is 22.4 Å². The molecule has 6 aromatic carbocycles. The Morgan fingerprint density at radius 2 is 0.769 bits per heavy atom. The second kappa shape index (κ2) is 13.9. The van der Waals surface area contributed by atoms with Gasteiger partial charge in [-0.1, -0.05) is 24.3 Å². The normalized spacial score (nSPS) is 11.1. The SMILES string of the molecule is COc1ccc(N(C)c2cc[n+](-c3ccc(-c4ccc(-[n+]5ccc(N(C)c6ccc(OC)cc6)c6ccccc65)cc4)cc3)c3ccccc23)cc1. The van der Waals surface area contributed by atoms with Crippen LogP contribution < -0.4 is 28.4 Å². The Kier molecular flexibility index (Phi) is 8.71. The van der Waals surface area contributed by atoms with E-state index in [1.807, 2.05) is 24.3 Å². The van der Waals surface area contributed by atoms with Crippen LogP contribution in [0.2, 0.25) is 0 Å². The van der Waals surface area contributed by atoms with Crippen molar-refractivity contribution in [3.63, 3.8) is 0 Å². The van der Waals surface area contributed by atoms with Crippen LogP contribution in [0.15, 0.2) is 170 Å². The van der Waals surface area contributed by atoms with Crippen molar-refractivity contribution in [1.82, 2.24) is 0 Å². The van der Waals surface area contributed by atoms with Crippen molar-refractivity contribution in [1.29, 1.82) is 0 Å². The molecule has 254 valence electrons. The second-order valence-electron chi connectivity index (χ2n) is 12.8. The molecule has 0 saturated heterocycles. The summed E-state index contributed by atoms with van der Waals surface area (Å²) in [5.74, 6) is 1.69. The minimum atomic E-state index is 0.847. The predicted octanol–water partition coefficient (Wildman–Crippen LogP) is 9.77. The Labute approximate surface area is 304 Å². The molecule has 0 aliphatic carbocycles. The molecule has 0 unspecified atom stereocenters. The van der Waals surface area contributed by atoms with Crippen LogP contribution in [0.25, 0.3) is 44.3 Å².